The second-order valence-corrected chi connectivity index (χ2v) is 2.22. The average Bonchev–Trinajstić information content (AvgIpc) is 2.17. The molecule has 1 aromatic carbocycles. The topological polar surface area (TPSA) is 59.3 Å². The van der Waals surface area contributed by atoms with Gasteiger partial charge in [0.05, 0.1) is 18.7 Å². The van der Waals surface area contributed by atoms with Crippen molar-refractivity contribution in [2.45, 2.75) is 0 Å². The van der Waals surface area contributed by atoms with E-state index in [0.717, 1.165) is 0 Å². The van der Waals surface area contributed by atoms with Crippen LogP contribution in [0.25, 0.3) is 0 Å². The highest BCUT2D eigenvalue weighted by Crippen LogP contribution is 2.21. The summed E-state index contributed by atoms with van der Waals surface area (Å²) in [7, 11) is 1.47. The summed E-state index contributed by atoms with van der Waals surface area (Å²) in [5.74, 6) is 0.779. The number of hydrogen-bond acceptors (Lipinski definition) is 4. The van der Waals surface area contributed by atoms with Crippen LogP contribution in [0, 0.1) is 11.3 Å². The maximum Gasteiger partial charge on any atom is 0.298 e. The minimum atomic E-state index is 0.297. The highest BCUT2D eigenvalue weighted by Gasteiger charge is 2.00. The Balaban J connectivity index is 3.08. The highest BCUT2D eigenvalue weighted by molar-refractivity contribution is 5.50. The lowest BCUT2D eigenvalue weighted by molar-refractivity contribution is -0.120. The van der Waals surface area contributed by atoms with Crippen LogP contribution in [0.4, 0.5) is 0 Å². The van der Waals surface area contributed by atoms with Gasteiger partial charge in [-0.15, -0.1) is 0 Å². The predicted molar refractivity (Wildman–Crippen MR) is 44.4 cm³/mol. The number of carbonyl (C=O) groups is 1. The summed E-state index contributed by atoms with van der Waals surface area (Å²) >= 11 is 0. The van der Waals surface area contributed by atoms with E-state index in [9.17, 15) is 4.79 Å². The molecular formula is C9H7NO3. The van der Waals surface area contributed by atoms with Gasteiger partial charge >= 0.3 is 0 Å². The zero-order chi connectivity index (χ0) is 9.68. The Bertz CT molecular complexity index is 354. The van der Waals surface area contributed by atoms with Crippen LogP contribution in [0.1, 0.15) is 5.56 Å². The zero-order valence-electron chi connectivity index (χ0n) is 6.98. The van der Waals surface area contributed by atoms with E-state index in [0.29, 0.717) is 23.5 Å². The maximum absolute atomic E-state index is 10.0. The molecule has 0 saturated carbocycles. The van der Waals surface area contributed by atoms with Crippen LogP contribution >= 0.6 is 0 Å². The maximum atomic E-state index is 10.0. The van der Waals surface area contributed by atoms with E-state index in [2.05, 4.69) is 4.74 Å². The van der Waals surface area contributed by atoms with Crippen molar-refractivity contribution in [3.63, 3.8) is 0 Å². The van der Waals surface area contributed by atoms with Gasteiger partial charge in [-0.25, -0.2) is 0 Å². The second kappa shape index (κ2) is 4.12. The highest BCUT2D eigenvalue weighted by atomic mass is 16.5. The first-order valence-corrected chi connectivity index (χ1v) is 3.49. The third-order valence-electron chi connectivity index (χ3n) is 1.43. The van der Waals surface area contributed by atoms with Crippen LogP contribution in [0.15, 0.2) is 18.2 Å². The Labute approximate surface area is 75.3 Å². The van der Waals surface area contributed by atoms with E-state index in [1.807, 2.05) is 6.07 Å². The molecule has 0 unspecified atom stereocenters. The van der Waals surface area contributed by atoms with Crippen LogP contribution in [-0.4, -0.2) is 13.6 Å². The molecule has 0 atom stereocenters. The second-order valence-electron chi connectivity index (χ2n) is 2.22. The van der Waals surface area contributed by atoms with Crippen molar-refractivity contribution < 1.29 is 14.3 Å². The van der Waals surface area contributed by atoms with Crippen molar-refractivity contribution in [2.75, 3.05) is 7.11 Å². The SMILES string of the molecule is COc1cc(C#N)cc(OC=O)c1. The molecule has 0 N–H and O–H groups in total. The normalized spacial score (nSPS) is 8.62. The summed E-state index contributed by atoms with van der Waals surface area (Å²) < 4.78 is 9.48. The van der Waals surface area contributed by atoms with E-state index >= 15 is 0 Å². The molecule has 0 amide bonds. The van der Waals surface area contributed by atoms with Crippen LogP contribution < -0.4 is 9.47 Å². The molecule has 0 aromatic heterocycles. The molecular weight excluding hydrogens is 170 g/mol. The number of nitriles is 1. The fourth-order valence-corrected chi connectivity index (χ4v) is 0.878. The molecule has 0 spiro atoms. The number of benzene rings is 1. The Hall–Kier alpha value is -2.02. The van der Waals surface area contributed by atoms with Crippen LogP contribution in [0.2, 0.25) is 0 Å². The molecule has 4 nitrogen and oxygen atoms in total. The number of rotatable bonds is 3. The number of hydrogen-bond donors (Lipinski definition) is 0. The molecule has 0 heterocycles. The number of carbonyl (C=O) groups excluding carboxylic acids is 1. The molecule has 0 aliphatic rings. The number of ether oxygens (including phenoxy) is 2. The Morgan fingerprint density at radius 3 is 2.62 bits per heavy atom. The largest absolute Gasteiger partial charge is 0.497 e. The van der Waals surface area contributed by atoms with Gasteiger partial charge < -0.3 is 9.47 Å². The first-order chi connectivity index (χ1) is 6.30. The van der Waals surface area contributed by atoms with Crippen LogP contribution in [0.3, 0.4) is 0 Å². The summed E-state index contributed by atoms with van der Waals surface area (Å²) in [6.07, 6.45) is 0. The van der Waals surface area contributed by atoms with Crippen molar-refractivity contribution in [2.24, 2.45) is 0 Å². The van der Waals surface area contributed by atoms with Crippen LogP contribution in [-0.2, 0) is 4.79 Å². The molecule has 66 valence electrons. The monoisotopic (exact) mass is 177 g/mol. The van der Waals surface area contributed by atoms with Crippen molar-refractivity contribution in [3.05, 3.63) is 23.8 Å². The molecule has 0 bridgehead atoms. The van der Waals surface area contributed by atoms with E-state index in [-0.39, 0.29) is 0 Å². The molecule has 0 fully saturated rings. The van der Waals surface area contributed by atoms with Crippen molar-refractivity contribution >= 4 is 6.47 Å². The summed E-state index contributed by atoms with van der Waals surface area (Å²) in [5, 5.41) is 8.60. The summed E-state index contributed by atoms with van der Waals surface area (Å²) in [5.41, 5.74) is 0.385. The first kappa shape index (κ1) is 9.07. The van der Waals surface area contributed by atoms with E-state index in [4.69, 9.17) is 10.00 Å². The van der Waals surface area contributed by atoms with E-state index in [1.54, 1.807) is 6.07 Å². The summed E-state index contributed by atoms with van der Waals surface area (Å²) in [6, 6.07) is 6.46. The fraction of sp³-hybridized carbons (Fsp3) is 0.111. The molecule has 1 rings (SSSR count). The quantitative estimate of drug-likeness (QED) is 0.648. The van der Waals surface area contributed by atoms with E-state index < -0.39 is 0 Å². The minimum Gasteiger partial charge on any atom is -0.497 e. The summed E-state index contributed by atoms with van der Waals surface area (Å²) in [4.78, 5) is 10.0. The lowest BCUT2D eigenvalue weighted by Crippen LogP contribution is -1.91. The third-order valence-corrected chi connectivity index (χ3v) is 1.43. The Kier molecular flexibility index (Phi) is 2.87. The van der Waals surface area contributed by atoms with Crippen molar-refractivity contribution in [1.29, 1.82) is 5.26 Å². The number of methoxy groups -OCH3 is 1. The lowest BCUT2D eigenvalue weighted by Gasteiger charge is -2.02. The molecule has 0 aliphatic heterocycles. The van der Waals surface area contributed by atoms with Gasteiger partial charge in [-0.05, 0) is 12.1 Å². The average molecular weight is 177 g/mol. The smallest absolute Gasteiger partial charge is 0.298 e. The van der Waals surface area contributed by atoms with Gasteiger partial charge in [0, 0.05) is 6.07 Å². The standard InChI is InChI=1S/C9H7NO3/c1-12-8-2-7(5-10)3-9(4-8)13-6-11/h2-4,6H,1H3. The lowest BCUT2D eigenvalue weighted by atomic mass is 10.2. The molecule has 1 aromatic rings. The van der Waals surface area contributed by atoms with Gasteiger partial charge in [0.2, 0.25) is 0 Å². The van der Waals surface area contributed by atoms with Gasteiger partial charge in [-0.3, -0.25) is 4.79 Å². The van der Waals surface area contributed by atoms with Crippen LogP contribution in [0.5, 0.6) is 11.5 Å². The van der Waals surface area contributed by atoms with Gasteiger partial charge in [-0.1, -0.05) is 0 Å². The molecule has 13 heavy (non-hydrogen) atoms. The molecule has 4 heteroatoms. The Morgan fingerprint density at radius 1 is 1.38 bits per heavy atom. The first-order valence-electron chi connectivity index (χ1n) is 3.49. The predicted octanol–water partition coefficient (Wildman–Crippen LogP) is 1.10. The van der Waals surface area contributed by atoms with Gasteiger partial charge in [0.1, 0.15) is 11.5 Å². The molecule has 0 radical (unpaired) electrons. The fourth-order valence-electron chi connectivity index (χ4n) is 0.878. The molecule has 0 aliphatic carbocycles. The zero-order valence-corrected chi connectivity index (χ0v) is 6.98. The van der Waals surface area contributed by atoms with Crippen molar-refractivity contribution in [3.8, 4) is 17.6 Å². The Morgan fingerprint density at radius 2 is 2.08 bits per heavy atom. The summed E-state index contributed by atoms with van der Waals surface area (Å²) in [6.45, 7) is 0.302. The number of nitrogens with zero attached hydrogens (tertiary/aromatic N) is 1. The third kappa shape index (κ3) is 2.20. The van der Waals surface area contributed by atoms with Gasteiger partial charge in [-0.2, -0.15) is 5.26 Å². The molecule has 0 saturated heterocycles. The van der Waals surface area contributed by atoms with Crippen molar-refractivity contribution in [1.82, 2.24) is 0 Å². The van der Waals surface area contributed by atoms with Gasteiger partial charge in [0.15, 0.2) is 0 Å². The van der Waals surface area contributed by atoms with E-state index in [1.165, 1.54) is 19.2 Å². The van der Waals surface area contributed by atoms with Gasteiger partial charge in [0.25, 0.3) is 6.47 Å². The minimum absolute atomic E-state index is 0.297.